The average molecular weight is 244 g/mol. The highest BCUT2D eigenvalue weighted by atomic mass is 32.2. The fraction of sp³-hybridized carbons (Fsp3) is 1.00. The van der Waals surface area contributed by atoms with E-state index in [9.17, 15) is 4.21 Å². The van der Waals surface area contributed by atoms with E-state index in [0.29, 0.717) is 18.1 Å². The monoisotopic (exact) mass is 244 g/mol. The fourth-order valence-corrected chi connectivity index (χ4v) is 3.87. The quantitative estimate of drug-likeness (QED) is 0.805. The lowest BCUT2D eigenvalue weighted by Gasteiger charge is -2.48. The van der Waals surface area contributed by atoms with Crippen molar-refractivity contribution in [3.05, 3.63) is 0 Å². The van der Waals surface area contributed by atoms with Gasteiger partial charge in [0.05, 0.1) is 0 Å². The Morgan fingerprint density at radius 2 is 1.94 bits per heavy atom. The van der Waals surface area contributed by atoms with Crippen molar-refractivity contribution in [1.82, 2.24) is 4.90 Å². The molecule has 0 aromatic rings. The standard InChI is InChI=1S/C12H24N2OS/c1-16(15)7-3-6-14-11-4-2-5-12(14)9-10(13)8-11/h10-12H,2-9,13H2,1H3. The lowest BCUT2D eigenvalue weighted by atomic mass is 9.82. The molecule has 2 aliphatic heterocycles. The first-order valence-electron chi connectivity index (χ1n) is 6.48. The molecule has 3 atom stereocenters. The van der Waals surface area contributed by atoms with E-state index in [1.165, 1.54) is 32.1 Å². The molecule has 2 saturated heterocycles. The summed E-state index contributed by atoms with van der Waals surface area (Å²) in [4.78, 5) is 2.65. The Bertz CT molecular complexity index is 245. The van der Waals surface area contributed by atoms with Crippen LogP contribution < -0.4 is 5.73 Å². The zero-order valence-electron chi connectivity index (χ0n) is 10.2. The highest BCUT2D eigenvalue weighted by Crippen LogP contribution is 2.33. The summed E-state index contributed by atoms with van der Waals surface area (Å²) in [5.74, 6) is 0.849. The van der Waals surface area contributed by atoms with Gasteiger partial charge in [-0.3, -0.25) is 9.11 Å². The van der Waals surface area contributed by atoms with E-state index in [1.54, 1.807) is 6.26 Å². The molecule has 0 aliphatic carbocycles. The molecule has 0 aromatic carbocycles. The van der Waals surface area contributed by atoms with E-state index < -0.39 is 10.8 Å². The SMILES string of the molecule is CS(=O)CCCN1C2CCCC1CC(N)C2. The van der Waals surface area contributed by atoms with Gasteiger partial charge in [0.1, 0.15) is 0 Å². The summed E-state index contributed by atoms with van der Waals surface area (Å²) in [6.45, 7) is 1.13. The summed E-state index contributed by atoms with van der Waals surface area (Å²) in [5, 5.41) is 0. The van der Waals surface area contributed by atoms with Crippen LogP contribution in [0.5, 0.6) is 0 Å². The van der Waals surface area contributed by atoms with Crippen LogP contribution in [0.4, 0.5) is 0 Å². The summed E-state index contributed by atoms with van der Waals surface area (Å²) in [7, 11) is -0.635. The number of hydrogen-bond acceptors (Lipinski definition) is 3. The van der Waals surface area contributed by atoms with Crippen LogP contribution in [-0.2, 0) is 10.8 Å². The second-order valence-corrected chi connectivity index (χ2v) is 6.89. The van der Waals surface area contributed by atoms with Crippen LogP contribution in [0.25, 0.3) is 0 Å². The van der Waals surface area contributed by atoms with Crippen molar-refractivity contribution >= 4 is 10.8 Å². The minimum atomic E-state index is -0.635. The number of nitrogens with zero attached hydrogens (tertiary/aromatic N) is 1. The van der Waals surface area contributed by atoms with Crippen LogP contribution in [0, 0.1) is 0 Å². The highest BCUT2D eigenvalue weighted by molar-refractivity contribution is 7.84. The van der Waals surface area contributed by atoms with Crippen LogP contribution in [-0.4, -0.2) is 45.8 Å². The normalized spacial score (nSPS) is 37.2. The number of rotatable bonds is 4. The second-order valence-electron chi connectivity index (χ2n) is 5.34. The lowest BCUT2D eigenvalue weighted by molar-refractivity contribution is 0.0320. The largest absolute Gasteiger partial charge is 0.328 e. The first kappa shape index (κ1) is 12.5. The van der Waals surface area contributed by atoms with Crippen molar-refractivity contribution in [3.8, 4) is 0 Å². The maximum absolute atomic E-state index is 11.1. The molecule has 2 fully saturated rings. The van der Waals surface area contributed by atoms with Gasteiger partial charge in [-0.2, -0.15) is 0 Å². The fourth-order valence-electron chi connectivity index (χ4n) is 3.34. The molecule has 2 rings (SSSR count). The van der Waals surface area contributed by atoms with Gasteiger partial charge < -0.3 is 5.73 Å². The van der Waals surface area contributed by atoms with Crippen molar-refractivity contribution in [3.63, 3.8) is 0 Å². The molecule has 0 saturated carbocycles. The van der Waals surface area contributed by atoms with E-state index >= 15 is 0 Å². The first-order valence-corrected chi connectivity index (χ1v) is 8.21. The topological polar surface area (TPSA) is 46.3 Å². The molecule has 0 spiro atoms. The summed E-state index contributed by atoms with van der Waals surface area (Å²) in [5.41, 5.74) is 6.09. The third-order valence-electron chi connectivity index (χ3n) is 4.01. The molecule has 16 heavy (non-hydrogen) atoms. The molecule has 3 unspecified atom stereocenters. The predicted octanol–water partition coefficient (Wildman–Crippen LogP) is 1.10. The highest BCUT2D eigenvalue weighted by Gasteiger charge is 2.36. The molecule has 0 radical (unpaired) electrons. The van der Waals surface area contributed by atoms with E-state index in [-0.39, 0.29) is 0 Å². The molecule has 0 amide bonds. The van der Waals surface area contributed by atoms with Crippen LogP contribution in [0.3, 0.4) is 0 Å². The summed E-state index contributed by atoms with van der Waals surface area (Å²) in [6, 6.07) is 1.85. The van der Waals surface area contributed by atoms with Crippen molar-refractivity contribution in [2.45, 2.75) is 56.7 Å². The molecule has 2 N–H and O–H groups in total. The van der Waals surface area contributed by atoms with Gasteiger partial charge in [-0.1, -0.05) is 6.42 Å². The smallest absolute Gasteiger partial charge is 0.0244 e. The van der Waals surface area contributed by atoms with E-state index in [0.717, 1.165) is 18.7 Å². The van der Waals surface area contributed by atoms with Crippen LogP contribution in [0.2, 0.25) is 0 Å². The average Bonchev–Trinajstić information content (AvgIpc) is 2.18. The van der Waals surface area contributed by atoms with Gasteiger partial charge >= 0.3 is 0 Å². The van der Waals surface area contributed by atoms with Gasteiger partial charge in [-0.15, -0.1) is 0 Å². The molecule has 94 valence electrons. The molecule has 0 aromatic heterocycles. The van der Waals surface area contributed by atoms with Gasteiger partial charge in [0, 0.05) is 40.9 Å². The molecular weight excluding hydrogens is 220 g/mol. The third kappa shape index (κ3) is 3.05. The lowest BCUT2D eigenvalue weighted by Crippen LogP contribution is -2.55. The minimum absolute atomic E-state index is 0.423. The minimum Gasteiger partial charge on any atom is -0.328 e. The molecule has 4 heteroatoms. The molecule has 2 aliphatic rings. The molecule has 3 nitrogen and oxygen atoms in total. The first-order chi connectivity index (χ1) is 7.66. The Morgan fingerprint density at radius 3 is 2.50 bits per heavy atom. The van der Waals surface area contributed by atoms with Gasteiger partial charge in [0.15, 0.2) is 0 Å². The predicted molar refractivity (Wildman–Crippen MR) is 68.9 cm³/mol. The molecule has 2 heterocycles. The molecular formula is C12H24N2OS. The molecule has 2 bridgehead atoms. The van der Waals surface area contributed by atoms with Crippen molar-refractivity contribution in [2.24, 2.45) is 5.73 Å². The third-order valence-corrected chi connectivity index (χ3v) is 4.87. The van der Waals surface area contributed by atoms with Gasteiger partial charge in [0.2, 0.25) is 0 Å². The number of hydrogen-bond donors (Lipinski definition) is 1. The maximum atomic E-state index is 11.1. The Labute approximate surface area is 101 Å². The summed E-state index contributed by atoms with van der Waals surface area (Å²) < 4.78 is 11.1. The van der Waals surface area contributed by atoms with E-state index in [2.05, 4.69) is 4.90 Å². The Kier molecular flexibility index (Phi) is 4.39. The Balaban J connectivity index is 1.85. The van der Waals surface area contributed by atoms with Crippen LogP contribution >= 0.6 is 0 Å². The summed E-state index contributed by atoms with van der Waals surface area (Å²) in [6.07, 6.45) is 9.23. The van der Waals surface area contributed by atoms with Crippen LogP contribution in [0.15, 0.2) is 0 Å². The second kappa shape index (κ2) is 5.61. The van der Waals surface area contributed by atoms with Gasteiger partial charge in [0.25, 0.3) is 0 Å². The van der Waals surface area contributed by atoms with E-state index in [4.69, 9.17) is 5.73 Å². The van der Waals surface area contributed by atoms with Crippen LogP contribution in [0.1, 0.15) is 38.5 Å². The zero-order valence-corrected chi connectivity index (χ0v) is 11.0. The number of fused-ring (bicyclic) bond motifs is 2. The zero-order chi connectivity index (χ0) is 11.5. The summed E-state index contributed by atoms with van der Waals surface area (Å²) >= 11 is 0. The van der Waals surface area contributed by atoms with Gasteiger partial charge in [-0.05, 0) is 38.6 Å². The van der Waals surface area contributed by atoms with Crippen molar-refractivity contribution in [1.29, 1.82) is 0 Å². The van der Waals surface area contributed by atoms with E-state index in [1.807, 2.05) is 0 Å². The van der Waals surface area contributed by atoms with Crippen molar-refractivity contribution in [2.75, 3.05) is 18.6 Å². The number of nitrogens with two attached hydrogens (primary N) is 1. The number of piperidine rings is 2. The van der Waals surface area contributed by atoms with Gasteiger partial charge in [-0.25, -0.2) is 0 Å². The van der Waals surface area contributed by atoms with Crippen molar-refractivity contribution < 1.29 is 4.21 Å². The maximum Gasteiger partial charge on any atom is 0.0244 e. The Hall–Kier alpha value is 0.0700. The Morgan fingerprint density at radius 1 is 1.31 bits per heavy atom.